The summed E-state index contributed by atoms with van der Waals surface area (Å²) >= 11 is 0. The van der Waals surface area contributed by atoms with Gasteiger partial charge in [-0.05, 0) is 59.1 Å². The summed E-state index contributed by atoms with van der Waals surface area (Å²) in [6.45, 7) is 7.70. The highest BCUT2D eigenvalue weighted by molar-refractivity contribution is 5.60. The minimum Gasteiger partial charge on any atom is -0.491 e. The van der Waals surface area contributed by atoms with E-state index in [2.05, 4.69) is 25.5 Å². The van der Waals surface area contributed by atoms with Crippen LogP contribution in [0, 0.1) is 6.92 Å². The standard InChI is InChI=1S/C18H27N5O/c1-13(2)24-16-8-6-15(7-9-16)22-18-12-17(20-14(3)21-18)19-10-11-23(4)5/h6-9,12-13H,10-11H2,1-5H3,(H2,19,20,21,22). The number of nitrogens with one attached hydrogen (secondary N) is 2. The number of anilines is 3. The van der Waals surface area contributed by atoms with Crippen LogP contribution in [0.25, 0.3) is 0 Å². The lowest BCUT2D eigenvalue weighted by Gasteiger charge is -2.13. The molecule has 0 saturated carbocycles. The van der Waals surface area contributed by atoms with E-state index in [-0.39, 0.29) is 6.10 Å². The summed E-state index contributed by atoms with van der Waals surface area (Å²) in [6.07, 6.45) is 0.170. The number of likely N-dealkylation sites (N-methyl/N-ethyl adjacent to an activating group) is 1. The molecule has 2 aromatic rings. The molecule has 0 bridgehead atoms. The second-order valence-corrected chi connectivity index (χ2v) is 6.23. The zero-order valence-electron chi connectivity index (χ0n) is 15.1. The fourth-order valence-electron chi connectivity index (χ4n) is 2.17. The molecule has 1 aromatic heterocycles. The molecule has 0 atom stereocenters. The number of ether oxygens (including phenoxy) is 1. The van der Waals surface area contributed by atoms with Gasteiger partial charge in [0.05, 0.1) is 6.10 Å². The molecule has 0 fully saturated rings. The largest absolute Gasteiger partial charge is 0.491 e. The van der Waals surface area contributed by atoms with Crippen LogP contribution in [-0.4, -0.2) is 48.2 Å². The zero-order chi connectivity index (χ0) is 17.5. The maximum atomic E-state index is 5.65. The van der Waals surface area contributed by atoms with E-state index in [9.17, 15) is 0 Å². The van der Waals surface area contributed by atoms with Gasteiger partial charge >= 0.3 is 0 Å². The van der Waals surface area contributed by atoms with Crippen LogP contribution in [-0.2, 0) is 0 Å². The predicted molar refractivity (Wildman–Crippen MR) is 99.3 cm³/mol. The summed E-state index contributed by atoms with van der Waals surface area (Å²) in [5, 5.41) is 6.63. The van der Waals surface area contributed by atoms with Gasteiger partial charge in [0.2, 0.25) is 0 Å². The fraction of sp³-hybridized carbons (Fsp3) is 0.444. The molecular formula is C18H27N5O. The Labute approximate surface area is 144 Å². The molecule has 0 aliphatic heterocycles. The maximum absolute atomic E-state index is 5.65. The fourth-order valence-corrected chi connectivity index (χ4v) is 2.17. The molecule has 0 spiro atoms. The summed E-state index contributed by atoms with van der Waals surface area (Å²) in [5.41, 5.74) is 0.962. The van der Waals surface area contributed by atoms with Gasteiger partial charge in [-0.15, -0.1) is 0 Å². The average Bonchev–Trinajstić information content (AvgIpc) is 2.48. The minimum absolute atomic E-state index is 0.170. The molecule has 2 N–H and O–H groups in total. The van der Waals surface area contributed by atoms with E-state index in [0.717, 1.165) is 42.0 Å². The number of hydrogen-bond donors (Lipinski definition) is 2. The van der Waals surface area contributed by atoms with Crippen molar-refractivity contribution >= 4 is 17.3 Å². The minimum atomic E-state index is 0.170. The first-order valence-corrected chi connectivity index (χ1v) is 8.20. The van der Waals surface area contributed by atoms with E-state index >= 15 is 0 Å². The molecule has 1 heterocycles. The van der Waals surface area contributed by atoms with Gasteiger partial charge in [0.1, 0.15) is 23.2 Å². The lowest BCUT2D eigenvalue weighted by molar-refractivity contribution is 0.242. The quantitative estimate of drug-likeness (QED) is 0.775. The highest BCUT2D eigenvalue weighted by Gasteiger charge is 2.04. The summed E-state index contributed by atoms with van der Waals surface area (Å²) in [4.78, 5) is 11.0. The van der Waals surface area contributed by atoms with Gasteiger partial charge in [-0.3, -0.25) is 0 Å². The Morgan fingerprint density at radius 2 is 1.75 bits per heavy atom. The molecule has 2 rings (SSSR count). The molecule has 6 heteroatoms. The number of rotatable bonds is 8. The van der Waals surface area contributed by atoms with Gasteiger partial charge in [-0.2, -0.15) is 0 Å². The second-order valence-electron chi connectivity index (χ2n) is 6.23. The Hall–Kier alpha value is -2.34. The summed E-state index contributed by atoms with van der Waals surface area (Å²) in [6, 6.07) is 9.78. The van der Waals surface area contributed by atoms with Gasteiger partial charge in [0.15, 0.2) is 0 Å². The maximum Gasteiger partial charge on any atom is 0.136 e. The second kappa shape index (κ2) is 8.49. The monoisotopic (exact) mass is 329 g/mol. The summed E-state index contributed by atoms with van der Waals surface area (Å²) < 4.78 is 5.65. The Balaban J connectivity index is 2.02. The van der Waals surface area contributed by atoms with E-state index in [4.69, 9.17) is 4.74 Å². The van der Waals surface area contributed by atoms with Crippen LogP contribution in [0.3, 0.4) is 0 Å². The van der Waals surface area contributed by atoms with Crippen molar-refractivity contribution in [2.24, 2.45) is 0 Å². The summed E-state index contributed by atoms with van der Waals surface area (Å²) in [5.74, 6) is 3.19. The van der Waals surface area contributed by atoms with Crippen molar-refractivity contribution in [3.63, 3.8) is 0 Å². The highest BCUT2D eigenvalue weighted by atomic mass is 16.5. The predicted octanol–water partition coefficient (Wildman–Crippen LogP) is 3.29. The van der Waals surface area contributed by atoms with Gasteiger partial charge in [0.25, 0.3) is 0 Å². The molecule has 0 radical (unpaired) electrons. The Kier molecular flexibility index (Phi) is 6.37. The van der Waals surface area contributed by atoms with Crippen LogP contribution in [0.5, 0.6) is 5.75 Å². The van der Waals surface area contributed by atoms with E-state index < -0.39 is 0 Å². The first-order chi connectivity index (χ1) is 11.4. The molecule has 0 unspecified atom stereocenters. The lowest BCUT2D eigenvalue weighted by Crippen LogP contribution is -2.21. The molecule has 6 nitrogen and oxygen atoms in total. The molecule has 0 aliphatic carbocycles. The molecule has 24 heavy (non-hydrogen) atoms. The molecule has 0 amide bonds. The van der Waals surface area contributed by atoms with Gasteiger partial charge < -0.3 is 20.3 Å². The number of hydrogen-bond acceptors (Lipinski definition) is 6. The first kappa shape index (κ1) is 18.0. The zero-order valence-corrected chi connectivity index (χ0v) is 15.1. The van der Waals surface area contributed by atoms with E-state index in [1.807, 2.05) is 65.2 Å². The van der Waals surface area contributed by atoms with Crippen LogP contribution in [0.4, 0.5) is 17.3 Å². The topological polar surface area (TPSA) is 62.3 Å². The molecule has 1 aromatic carbocycles. The third-order valence-corrected chi connectivity index (χ3v) is 3.20. The lowest BCUT2D eigenvalue weighted by atomic mass is 10.3. The van der Waals surface area contributed by atoms with Crippen LogP contribution >= 0.6 is 0 Å². The highest BCUT2D eigenvalue weighted by Crippen LogP contribution is 2.21. The van der Waals surface area contributed by atoms with Crippen molar-refractivity contribution in [1.82, 2.24) is 14.9 Å². The van der Waals surface area contributed by atoms with Crippen molar-refractivity contribution in [2.45, 2.75) is 26.9 Å². The number of aromatic nitrogens is 2. The third-order valence-electron chi connectivity index (χ3n) is 3.20. The van der Waals surface area contributed by atoms with Crippen molar-refractivity contribution in [3.05, 3.63) is 36.2 Å². The van der Waals surface area contributed by atoms with Crippen molar-refractivity contribution in [1.29, 1.82) is 0 Å². The first-order valence-electron chi connectivity index (χ1n) is 8.20. The SMILES string of the molecule is Cc1nc(NCCN(C)C)cc(Nc2ccc(OC(C)C)cc2)n1. The third kappa shape index (κ3) is 6.04. The van der Waals surface area contributed by atoms with Crippen LogP contribution in [0.2, 0.25) is 0 Å². The number of nitrogens with zero attached hydrogens (tertiary/aromatic N) is 3. The van der Waals surface area contributed by atoms with E-state index in [0.29, 0.717) is 0 Å². The van der Waals surface area contributed by atoms with Crippen molar-refractivity contribution in [3.8, 4) is 5.75 Å². The van der Waals surface area contributed by atoms with Crippen LogP contribution in [0.1, 0.15) is 19.7 Å². The Morgan fingerprint density at radius 1 is 1.08 bits per heavy atom. The van der Waals surface area contributed by atoms with Crippen molar-refractivity contribution < 1.29 is 4.74 Å². The van der Waals surface area contributed by atoms with E-state index in [1.165, 1.54) is 0 Å². The Morgan fingerprint density at radius 3 is 2.38 bits per heavy atom. The molecular weight excluding hydrogens is 302 g/mol. The normalized spacial score (nSPS) is 11.0. The number of aryl methyl sites for hydroxylation is 1. The summed E-state index contributed by atoms with van der Waals surface area (Å²) in [7, 11) is 4.10. The van der Waals surface area contributed by atoms with Crippen molar-refractivity contribution in [2.75, 3.05) is 37.8 Å². The molecule has 0 saturated heterocycles. The van der Waals surface area contributed by atoms with Gasteiger partial charge in [-0.1, -0.05) is 0 Å². The Bertz CT molecular complexity index is 640. The van der Waals surface area contributed by atoms with Gasteiger partial charge in [0, 0.05) is 24.8 Å². The van der Waals surface area contributed by atoms with E-state index in [1.54, 1.807) is 0 Å². The average molecular weight is 329 g/mol. The molecule has 0 aliphatic rings. The molecule has 130 valence electrons. The van der Waals surface area contributed by atoms with Gasteiger partial charge in [-0.25, -0.2) is 9.97 Å². The van der Waals surface area contributed by atoms with Crippen LogP contribution in [0.15, 0.2) is 30.3 Å². The smallest absolute Gasteiger partial charge is 0.136 e. The number of benzene rings is 1. The van der Waals surface area contributed by atoms with Crippen LogP contribution < -0.4 is 15.4 Å².